The lowest BCUT2D eigenvalue weighted by molar-refractivity contribution is 0.231. The van der Waals surface area contributed by atoms with Crippen molar-refractivity contribution in [3.8, 4) is 0 Å². The fourth-order valence-electron chi connectivity index (χ4n) is 2.68. The van der Waals surface area contributed by atoms with E-state index < -0.39 is 0 Å². The molecule has 0 aromatic heterocycles. The van der Waals surface area contributed by atoms with Crippen molar-refractivity contribution in [2.45, 2.75) is 18.9 Å². The Hall–Kier alpha value is -1.86. The van der Waals surface area contributed by atoms with E-state index in [2.05, 4.69) is 36.4 Å². The number of allylic oxidation sites excluding steroid dienone is 1. The number of aliphatic hydroxyl groups is 1. The Kier molecular flexibility index (Phi) is 2.99. The molecule has 1 aliphatic carbocycles. The first-order valence-electron chi connectivity index (χ1n) is 6.38. The van der Waals surface area contributed by atoms with Gasteiger partial charge in [-0.25, -0.2) is 0 Å². The Morgan fingerprint density at radius 3 is 1.94 bits per heavy atom. The molecule has 2 aromatic carbocycles. The predicted molar refractivity (Wildman–Crippen MR) is 74.9 cm³/mol. The molecule has 1 atom stereocenters. The molecule has 1 unspecified atom stereocenters. The molecule has 0 radical (unpaired) electrons. The Morgan fingerprint density at radius 2 is 1.33 bits per heavy atom. The van der Waals surface area contributed by atoms with Crippen LogP contribution >= 0.6 is 0 Å². The number of hydrogen-bond acceptors (Lipinski definition) is 1. The van der Waals surface area contributed by atoms with Crippen LogP contribution in [0.15, 0.2) is 60.7 Å². The predicted octanol–water partition coefficient (Wildman–Crippen LogP) is 3.75. The largest absolute Gasteiger partial charge is 0.388 e. The summed E-state index contributed by atoms with van der Waals surface area (Å²) in [6.45, 7) is 0. The number of aliphatic hydroxyl groups excluding tert-OH is 1. The summed E-state index contributed by atoms with van der Waals surface area (Å²) >= 11 is 0. The molecule has 0 saturated heterocycles. The molecule has 2 aromatic rings. The Bertz CT molecular complexity index is 555. The fraction of sp³-hybridized carbons (Fsp3) is 0.176. The molecule has 0 fully saturated rings. The van der Waals surface area contributed by atoms with Crippen LogP contribution in [0.25, 0.3) is 11.1 Å². The van der Waals surface area contributed by atoms with Gasteiger partial charge in [-0.2, -0.15) is 0 Å². The van der Waals surface area contributed by atoms with Gasteiger partial charge in [-0.1, -0.05) is 60.7 Å². The van der Waals surface area contributed by atoms with E-state index in [-0.39, 0.29) is 6.10 Å². The van der Waals surface area contributed by atoms with E-state index in [1.54, 1.807) is 0 Å². The van der Waals surface area contributed by atoms with Crippen LogP contribution in [0.5, 0.6) is 0 Å². The second kappa shape index (κ2) is 4.79. The van der Waals surface area contributed by atoms with Gasteiger partial charge in [-0.3, -0.25) is 0 Å². The maximum absolute atomic E-state index is 10.2. The van der Waals surface area contributed by atoms with Gasteiger partial charge in [-0.15, -0.1) is 0 Å². The van der Waals surface area contributed by atoms with Gasteiger partial charge < -0.3 is 5.11 Å². The molecule has 90 valence electrons. The van der Waals surface area contributed by atoms with Crippen molar-refractivity contribution in [2.24, 2.45) is 0 Å². The van der Waals surface area contributed by atoms with Gasteiger partial charge in [0.2, 0.25) is 0 Å². The van der Waals surface area contributed by atoms with Gasteiger partial charge in [0.25, 0.3) is 0 Å². The molecular formula is C17H16O. The van der Waals surface area contributed by atoms with Gasteiger partial charge in [0.05, 0.1) is 6.10 Å². The number of benzene rings is 2. The minimum Gasteiger partial charge on any atom is -0.388 e. The third-order valence-corrected chi connectivity index (χ3v) is 3.53. The van der Waals surface area contributed by atoms with E-state index in [4.69, 9.17) is 0 Å². The van der Waals surface area contributed by atoms with Crippen molar-refractivity contribution in [3.05, 3.63) is 71.8 Å². The zero-order valence-electron chi connectivity index (χ0n) is 10.2. The van der Waals surface area contributed by atoms with Gasteiger partial charge in [0.1, 0.15) is 0 Å². The Balaban J connectivity index is 2.13. The molecule has 0 amide bonds. The molecule has 0 aliphatic heterocycles. The molecule has 1 nitrogen and oxygen atoms in total. The standard InChI is InChI=1S/C17H16O/c18-16-12-11-15(13-7-3-1-4-8-13)17(16)14-9-5-2-6-10-14/h1-10,16,18H,11-12H2. The average molecular weight is 236 g/mol. The highest BCUT2D eigenvalue weighted by Crippen LogP contribution is 2.39. The van der Waals surface area contributed by atoms with E-state index in [1.165, 1.54) is 11.1 Å². The second-order valence-electron chi connectivity index (χ2n) is 4.68. The maximum atomic E-state index is 10.2. The Labute approximate surface area is 107 Å². The van der Waals surface area contributed by atoms with Crippen LogP contribution in [0.3, 0.4) is 0 Å². The fourth-order valence-corrected chi connectivity index (χ4v) is 2.68. The van der Waals surface area contributed by atoms with Crippen LogP contribution in [-0.4, -0.2) is 11.2 Å². The van der Waals surface area contributed by atoms with Crippen molar-refractivity contribution in [2.75, 3.05) is 0 Å². The summed E-state index contributed by atoms with van der Waals surface area (Å²) < 4.78 is 0. The van der Waals surface area contributed by atoms with Crippen molar-refractivity contribution in [3.63, 3.8) is 0 Å². The third-order valence-electron chi connectivity index (χ3n) is 3.53. The second-order valence-corrected chi connectivity index (χ2v) is 4.68. The number of hydrogen-bond donors (Lipinski definition) is 1. The summed E-state index contributed by atoms with van der Waals surface area (Å²) in [7, 11) is 0. The first-order valence-corrected chi connectivity index (χ1v) is 6.38. The molecule has 0 bridgehead atoms. The summed E-state index contributed by atoms with van der Waals surface area (Å²) in [6, 6.07) is 20.6. The molecule has 0 saturated carbocycles. The highest BCUT2D eigenvalue weighted by Gasteiger charge is 2.25. The number of rotatable bonds is 2. The average Bonchev–Trinajstić information content (AvgIpc) is 2.83. The minimum absolute atomic E-state index is 0.331. The summed E-state index contributed by atoms with van der Waals surface area (Å²) in [5.41, 5.74) is 4.75. The quantitative estimate of drug-likeness (QED) is 0.842. The molecular weight excluding hydrogens is 220 g/mol. The van der Waals surface area contributed by atoms with Gasteiger partial charge in [-0.05, 0) is 35.1 Å². The van der Waals surface area contributed by atoms with Gasteiger partial charge in [0, 0.05) is 0 Å². The normalized spacial score (nSPS) is 19.3. The lowest BCUT2D eigenvalue weighted by atomic mass is 9.96. The Morgan fingerprint density at radius 1 is 0.778 bits per heavy atom. The van der Waals surface area contributed by atoms with E-state index in [0.29, 0.717) is 0 Å². The molecule has 1 aliphatic rings. The van der Waals surface area contributed by atoms with Gasteiger partial charge in [0.15, 0.2) is 0 Å². The maximum Gasteiger partial charge on any atom is 0.0801 e. The molecule has 18 heavy (non-hydrogen) atoms. The monoisotopic (exact) mass is 236 g/mol. The lowest BCUT2D eigenvalue weighted by Gasteiger charge is -2.11. The van der Waals surface area contributed by atoms with Crippen molar-refractivity contribution < 1.29 is 5.11 Å². The van der Waals surface area contributed by atoms with Crippen LogP contribution in [0.4, 0.5) is 0 Å². The van der Waals surface area contributed by atoms with Crippen LogP contribution < -0.4 is 0 Å². The molecule has 1 N–H and O–H groups in total. The third kappa shape index (κ3) is 1.98. The summed E-state index contributed by atoms with van der Waals surface area (Å²) in [5, 5.41) is 10.2. The molecule has 0 spiro atoms. The van der Waals surface area contributed by atoms with Gasteiger partial charge >= 0.3 is 0 Å². The van der Waals surface area contributed by atoms with E-state index in [0.717, 1.165) is 24.0 Å². The SMILES string of the molecule is OC1CCC(c2ccccc2)=C1c1ccccc1. The summed E-state index contributed by atoms with van der Waals surface area (Å²) in [4.78, 5) is 0. The van der Waals surface area contributed by atoms with Crippen LogP contribution in [0, 0.1) is 0 Å². The van der Waals surface area contributed by atoms with E-state index >= 15 is 0 Å². The smallest absolute Gasteiger partial charge is 0.0801 e. The first-order chi connectivity index (χ1) is 8.86. The van der Waals surface area contributed by atoms with Crippen LogP contribution in [-0.2, 0) is 0 Å². The zero-order valence-corrected chi connectivity index (χ0v) is 10.2. The summed E-state index contributed by atoms with van der Waals surface area (Å²) in [5.74, 6) is 0. The minimum atomic E-state index is -0.331. The summed E-state index contributed by atoms with van der Waals surface area (Å²) in [6.07, 6.45) is 1.45. The van der Waals surface area contributed by atoms with Crippen LogP contribution in [0.2, 0.25) is 0 Å². The highest BCUT2D eigenvalue weighted by atomic mass is 16.3. The molecule has 3 rings (SSSR count). The first kappa shape index (κ1) is 11.2. The van der Waals surface area contributed by atoms with Crippen molar-refractivity contribution >= 4 is 11.1 Å². The van der Waals surface area contributed by atoms with E-state index in [9.17, 15) is 5.11 Å². The zero-order chi connectivity index (χ0) is 12.4. The van der Waals surface area contributed by atoms with E-state index in [1.807, 2.05) is 24.3 Å². The molecule has 0 heterocycles. The topological polar surface area (TPSA) is 20.2 Å². The lowest BCUT2D eigenvalue weighted by Crippen LogP contribution is -2.03. The highest BCUT2D eigenvalue weighted by molar-refractivity contribution is 5.94. The van der Waals surface area contributed by atoms with Crippen LogP contribution in [0.1, 0.15) is 24.0 Å². The van der Waals surface area contributed by atoms with Crippen molar-refractivity contribution in [1.29, 1.82) is 0 Å². The van der Waals surface area contributed by atoms with Crippen molar-refractivity contribution in [1.82, 2.24) is 0 Å². The molecule has 1 heteroatoms.